The third-order valence-electron chi connectivity index (χ3n) is 4.47. The summed E-state index contributed by atoms with van der Waals surface area (Å²) in [7, 11) is -5.41. The lowest BCUT2D eigenvalue weighted by Crippen LogP contribution is -2.25. The number of alkyl halides is 3. The molecule has 1 amide bonds. The maximum Gasteiger partial charge on any atom is 0.501 e. The molecule has 0 unspecified atom stereocenters. The average Bonchev–Trinajstić information content (AvgIpc) is 3.07. The molecule has 3 rings (SSSR count). The van der Waals surface area contributed by atoms with E-state index in [4.69, 9.17) is 0 Å². The van der Waals surface area contributed by atoms with Gasteiger partial charge in [0.15, 0.2) is 0 Å². The molecule has 0 radical (unpaired) electrons. The Morgan fingerprint density at radius 2 is 1.82 bits per heavy atom. The lowest BCUT2D eigenvalue weighted by Gasteiger charge is -2.09. The van der Waals surface area contributed by atoms with Crippen molar-refractivity contribution in [3.8, 4) is 0 Å². The van der Waals surface area contributed by atoms with Crippen LogP contribution in [-0.2, 0) is 29.1 Å². The monoisotopic (exact) mass is 432 g/mol. The van der Waals surface area contributed by atoms with Gasteiger partial charge in [-0.15, -0.1) is 11.3 Å². The van der Waals surface area contributed by atoms with Crippen molar-refractivity contribution in [1.82, 2.24) is 10.3 Å². The lowest BCUT2D eigenvalue weighted by atomic mass is 10.0. The number of rotatable bonds is 6. The highest BCUT2D eigenvalue weighted by atomic mass is 32.2. The Morgan fingerprint density at radius 1 is 1.14 bits per heavy atom. The van der Waals surface area contributed by atoms with E-state index in [2.05, 4.69) is 10.3 Å². The number of hydrogen-bond donors (Lipinski definition) is 1. The summed E-state index contributed by atoms with van der Waals surface area (Å²) in [5.41, 5.74) is -4.07. The van der Waals surface area contributed by atoms with Crippen molar-refractivity contribution in [1.29, 1.82) is 0 Å². The van der Waals surface area contributed by atoms with E-state index in [1.165, 1.54) is 23.4 Å². The van der Waals surface area contributed by atoms with Gasteiger partial charge in [-0.25, -0.2) is 13.4 Å². The van der Waals surface area contributed by atoms with Gasteiger partial charge in [-0.05, 0) is 56.4 Å². The van der Waals surface area contributed by atoms with Gasteiger partial charge < -0.3 is 5.32 Å². The van der Waals surface area contributed by atoms with Crippen LogP contribution in [0.5, 0.6) is 0 Å². The molecule has 0 saturated heterocycles. The molecule has 0 aliphatic heterocycles. The Labute approximate surface area is 164 Å². The van der Waals surface area contributed by atoms with Gasteiger partial charge >= 0.3 is 5.51 Å². The summed E-state index contributed by atoms with van der Waals surface area (Å²) >= 11 is 1.72. The van der Waals surface area contributed by atoms with E-state index in [0.717, 1.165) is 48.5 Å². The highest BCUT2D eigenvalue weighted by Gasteiger charge is 2.46. The molecule has 28 heavy (non-hydrogen) atoms. The number of aryl methyl sites for hydroxylation is 3. The normalized spacial score (nSPS) is 14.5. The first-order valence-electron chi connectivity index (χ1n) is 8.85. The van der Waals surface area contributed by atoms with Crippen molar-refractivity contribution >= 4 is 27.1 Å². The van der Waals surface area contributed by atoms with E-state index in [1.807, 2.05) is 0 Å². The summed E-state index contributed by atoms with van der Waals surface area (Å²) in [5, 5.41) is 3.74. The molecule has 10 heteroatoms. The smallest absolute Gasteiger partial charge is 0.352 e. The molecule has 1 heterocycles. The van der Waals surface area contributed by atoms with Crippen LogP contribution in [0.3, 0.4) is 0 Å². The van der Waals surface area contributed by atoms with Crippen LogP contribution in [0.25, 0.3) is 0 Å². The van der Waals surface area contributed by atoms with Crippen LogP contribution in [0.2, 0.25) is 0 Å². The quantitative estimate of drug-likeness (QED) is 0.707. The van der Waals surface area contributed by atoms with Crippen molar-refractivity contribution in [2.75, 3.05) is 6.54 Å². The highest BCUT2D eigenvalue weighted by Crippen LogP contribution is 2.30. The Morgan fingerprint density at radius 3 is 2.46 bits per heavy atom. The second kappa shape index (κ2) is 8.20. The number of nitrogens with zero attached hydrogens (tertiary/aromatic N) is 1. The topological polar surface area (TPSA) is 76.1 Å². The van der Waals surface area contributed by atoms with Crippen molar-refractivity contribution in [3.63, 3.8) is 0 Å². The van der Waals surface area contributed by atoms with Crippen LogP contribution >= 0.6 is 11.3 Å². The Balaban J connectivity index is 1.50. The van der Waals surface area contributed by atoms with Crippen LogP contribution < -0.4 is 5.32 Å². The lowest BCUT2D eigenvalue weighted by molar-refractivity contribution is -0.0436. The maximum absolute atomic E-state index is 12.5. The number of nitrogens with one attached hydrogen (secondary N) is 1. The predicted octanol–water partition coefficient (Wildman–Crippen LogP) is 3.68. The number of amides is 1. The van der Waals surface area contributed by atoms with E-state index >= 15 is 0 Å². The van der Waals surface area contributed by atoms with E-state index in [9.17, 15) is 26.4 Å². The number of sulfone groups is 1. The Hall–Kier alpha value is -1.94. The molecular formula is C18H19F3N2O3S2. The SMILES string of the molecule is O=C(NCCCc1nc2c(s1)CCCC2)c1ccc(S(=O)(=O)C(F)(F)F)cc1. The molecular weight excluding hydrogens is 413 g/mol. The molecule has 2 aromatic rings. The van der Waals surface area contributed by atoms with E-state index in [1.54, 1.807) is 11.3 Å². The number of halogens is 3. The minimum atomic E-state index is -5.41. The fourth-order valence-corrected chi connectivity index (χ4v) is 4.94. The minimum Gasteiger partial charge on any atom is -0.352 e. The van der Waals surface area contributed by atoms with Gasteiger partial charge in [-0.2, -0.15) is 13.2 Å². The fourth-order valence-electron chi connectivity index (χ4n) is 2.98. The van der Waals surface area contributed by atoms with Gasteiger partial charge in [-0.3, -0.25) is 4.79 Å². The Kier molecular flexibility index (Phi) is 6.09. The van der Waals surface area contributed by atoms with Gasteiger partial charge in [0, 0.05) is 23.4 Å². The van der Waals surface area contributed by atoms with Gasteiger partial charge in [0.05, 0.1) is 15.6 Å². The van der Waals surface area contributed by atoms with E-state index in [-0.39, 0.29) is 5.56 Å². The van der Waals surface area contributed by atoms with Gasteiger partial charge in [0.2, 0.25) is 0 Å². The van der Waals surface area contributed by atoms with Crippen LogP contribution in [0.1, 0.15) is 45.2 Å². The zero-order valence-electron chi connectivity index (χ0n) is 14.9. The largest absolute Gasteiger partial charge is 0.501 e. The number of benzene rings is 1. The maximum atomic E-state index is 12.5. The number of hydrogen-bond acceptors (Lipinski definition) is 5. The van der Waals surface area contributed by atoms with Crippen LogP contribution in [0, 0.1) is 0 Å². The average molecular weight is 432 g/mol. The summed E-state index contributed by atoms with van der Waals surface area (Å²) in [5.74, 6) is -0.464. The van der Waals surface area contributed by atoms with Crippen LogP contribution in [0.4, 0.5) is 13.2 Å². The van der Waals surface area contributed by atoms with Crippen molar-refractivity contribution in [3.05, 3.63) is 45.4 Å². The number of carbonyl (C=O) groups excluding carboxylic acids is 1. The first kappa shape index (κ1) is 20.8. The first-order valence-corrected chi connectivity index (χ1v) is 11.2. The standard InChI is InChI=1S/C18H19F3N2O3S2/c19-18(20,21)28(25,26)13-9-7-12(8-10-13)17(24)22-11-3-6-16-23-14-4-1-2-5-15(14)27-16/h7-10H,1-6,11H2,(H,22,24). The minimum absolute atomic E-state index is 0.103. The van der Waals surface area contributed by atoms with E-state index in [0.29, 0.717) is 13.0 Å². The zero-order valence-corrected chi connectivity index (χ0v) is 16.5. The fraction of sp³-hybridized carbons (Fsp3) is 0.444. The number of aromatic nitrogens is 1. The molecule has 1 N–H and O–H groups in total. The molecule has 0 bridgehead atoms. The molecule has 0 saturated carbocycles. The van der Waals surface area contributed by atoms with Crippen LogP contribution in [-0.4, -0.2) is 31.4 Å². The molecule has 0 fully saturated rings. The molecule has 1 aromatic heterocycles. The molecule has 0 atom stereocenters. The zero-order chi connectivity index (χ0) is 20.4. The number of fused-ring (bicyclic) bond motifs is 1. The second-order valence-corrected chi connectivity index (χ2v) is 9.63. The van der Waals surface area contributed by atoms with E-state index < -0.39 is 26.1 Å². The van der Waals surface area contributed by atoms with Crippen molar-refractivity contribution < 1.29 is 26.4 Å². The van der Waals surface area contributed by atoms with Crippen molar-refractivity contribution in [2.45, 2.75) is 48.9 Å². The molecule has 1 aromatic carbocycles. The van der Waals surface area contributed by atoms with Crippen LogP contribution in [0.15, 0.2) is 29.2 Å². The summed E-state index contributed by atoms with van der Waals surface area (Å²) in [4.78, 5) is 17.2. The summed E-state index contributed by atoms with van der Waals surface area (Å²) < 4.78 is 60.2. The number of thiazole rings is 1. The summed E-state index contributed by atoms with van der Waals surface area (Å²) in [6.45, 7) is 0.395. The second-order valence-electron chi connectivity index (χ2n) is 6.52. The third-order valence-corrected chi connectivity index (χ3v) is 7.19. The molecule has 0 spiro atoms. The number of carbonyl (C=O) groups is 1. The summed E-state index contributed by atoms with van der Waals surface area (Å²) in [6, 6.07) is 3.72. The third kappa shape index (κ3) is 4.54. The van der Waals surface area contributed by atoms with Gasteiger partial charge in [0.1, 0.15) is 0 Å². The molecule has 1 aliphatic rings. The molecule has 1 aliphatic carbocycles. The predicted molar refractivity (Wildman–Crippen MR) is 99.1 cm³/mol. The summed E-state index contributed by atoms with van der Waals surface area (Å²) in [6.07, 6.45) is 5.94. The molecule has 152 valence electrons. The van der Waals surface area contributed by atoms with Crippen molar-refractivity contribution in [2.24, 2.45) is 0 Å². The highest BCUT2D eigenvalue weighted by molar-refractivity contribution is 7.92. The van der Waals surface area contributed by atoms with Gasteiger partial charge in [0.25, 0.3) is 15.7 Å². The Bertz CT molecular complexity index is 928. The van der Waals surface area contributed by atoms with Gasteiger partial charge in [-0.1, -0.05) is 0 Å². The first-order chi connectivity index (χ1) is 13.2. The molecule has 5 nitrogen and oxygen atoms in total.